The van der Waals surface area contributed by atoms with Crippen LogP contribution in [0.25, 0.3) is 0 Å². The van der Waals surface area contributed by atoms with Gasteiger partial charge in [0.15, 0.2) is 0 Å². The van der Waals surface area contributed by atoms with E-state index in [0.717, 1.165) is 0 Å². The Balaban J connectivity index is 2.44. The molecule has 0 aromatic rings. The monoisotopic (exact) mass is 157 g/mol. The molecule has 2 heteroatoms. The number of nitrogens with zero attached hydrogens (tertiary/aromatic N) is 1. The van der Waals surface area contributed by atoms with Crippen LogP contribution in [0.1, 0.15) is 25.7 Å². The van der Waals surface area contributed by atoms with Crippen molar-refractivity contribution in [3.63, 3.8) is 0 Å². The van der Waals surface area contributed by atoms with Gasteiger partial charge < -0.3 is 10.0 Å². The van der Waals surface area contributed by atoms with Crippen LogP contribution >= 0.6 is 0 Å². The maximum Gasteiger partial charge on any atom is 0.0474 e. The summed E-state index contributed by atoms with van der Waals surface area (Å²) in [6.07, 6.45) is 5.10. The van der Waals surface area contributed by atoms with Crippen LogP contribution in [-0.2, 0) is 0 Å². The average Bonchev–Trinajstić information content (AvgIpc) is 2.04. The van der Waals surface area contributed by atoms with E-state index in [9.17, 15) is 0 Å². The van der Waals surface area contributed by atoms with Crippen molar-refractivity contribution >= 4 is 0 Å². The highest BCUT2D eigenvalue weighted by atomic mass is 16.3. The summed E-state index contributed by atoms with van der Waals surface area (Å²) in [5.74, 6) is 0.527. The van der Waals surface area contributed by atoms with Crippen molar-refractivity contribution in [3.8, 4) is 0 Å². The lowest BCUT2D eigenvalue weighted by Crippen LogP contribution is -2.39. The zero-order chi connectivity index (χ0) is 8.27. The van der Waals surface area contributed by atoms with Crippen molar-refractivity contribution in [2.75, 3.05) is 20.7 Å². The molecule has 11 heavy (non-hydrogen) atoms. The minimum atomic E-state index is 0.364. The molecule has 2 atom stereocenters. The molecule has 0 heterocycles. The van der Waals surface area contributed by atoms with Crippen LogP contribution in [0.3, 0.4) is 0 Å². The molecule has 0 spiro atoms. The second-order valence-electron chi connectivity index (χ2n) is 3.76. The molecule has 0 aromatic carbocycles. The number of aliphatic hydroxyl groups excluding tert-OH is 1. The van der Waals surface area contributed by atoms with Crippen molar-refractivity contribution < 1.29 is 5.11 Å². The van der Waals surface area contributed by atoms with E-state index in [2.05, 4.69) is 19.0 Å². The fraction of sp³-hybridized carbons (Fsp3) is 1.00. The standard InChI is InChI=1S/C9H19NO/c1-10(2)9-6-4-3-5-8(9)7-11/h8-9,11H,3-7H2,1-2H3/t8-,9+/m0/s1. The third-order valence-electron chi connectivity index (χ3n) is 2.77. The molecule has 1 aliphatic carbocycles. The van der Waals surface area contributed by atoms with E-state index in [1.54, 1.807) is 0 Å². The maximum absolute atomic E-state index is 9.08. The second-order valence-corrected chi connectivity index (χ2v) is 3.76. The van der Waals surface area contributed by atoms with E-state index in [4.69, 9.17) is 5.11 Å². The van der Waals surface area contributed by atoms with E-state index < -0.39 is 0 Å². The minimum absolute atomic E-state index is 0.364. The fourth-order valence-electron chi connectivity index (χ4n) is 2.08. The second kappa shape index (κ2) is 4.07. The number of hydrogen-bond donors (Lipinski definition) is 1. The van der Waals surface area contributed by atoms with Gasteiger partial charge in [-0.15, -0.1) is 0 Å². The van der Waals surface area contributed by atoms with Crippen molar-refractivity contribution in [1.29, 1.82) is 0 Å². The Morgan fingerprint density at radius 1 is 1.27 bits per heavy atom. The molecule has 0 radical (unpaired) electrons. The molecule has 0 amide bonds. The van der Waals surface area contributed by atoms with Crippen LogP contribution in [0.4, 0.5) is 0 Å². The molecular formula is C9H19NO. The van der Waals surface area contributed by atoms with E-state index in [1.165, 1.54) is 25.7 Å². The molecule has 0 aliphatic heterocycles. The van der Waals surface area contributed by atoms with Gasteiger partial charge in [0.2, 0.25) is 0 Å². The Bertz CT molecular complexity index is 114. The van der Waals surface area contributed by atoms with E-state index in [-0.39, 0.29) is 0 Å². The highest BCUT2D eigenvalue weighted by molar-refractivity contribution is 4.79. The molecule has 1 rings (SSSR count). The van der Waals surface area contributed by atoms with Crippen LogP contribution in [0, 0.1) is 5.92 Å². The van der Waals surface area contributed by atoms with Gasteiger partial charge in [-0.1, -0.05) is 12.8 Å². The molecule has 0 saturated heterocycles. The van der Waals surface area contributed by atoms with E-state index in [0.29, 0.717) is 18.6 Å². The van der Waals surface area contributed by atoms with Gasteiger partial charge in [-0.2, -0.15) is 0 Å². The fourth-order valence-corrected chi connectivity index (χ4v) is 2.08. The lowest BCUT2D eigenvalue weighted by molar-refractivity contribution is 0.0975. The first-order valence-corrected chi connectivity index (χ1v) is 4.53. The van der Waals surface area contributed by atoms with Gasteiger partial charge in [0.25, 0.3) is 0 Å². The zero-order valence-corrected chi connectivity index (χ0v) is 7.58. The molecule has 2 nitrogen and oxygen atoms in total. The Kier molecular flexibility index (Phi) is 3.34. The molecule has 1 N–H and O–H groups in total. The minimum Gasteiger partial charge on any atom is -0.396 e. The molecule has 66 valence electrons. The normalized spacial score (nSPS) is 32.7. The lowest BCUT2D eigenvalue weighted by Gasteiger charge is -2.34. The summed E-state index contributed by atoms with van der Waals surface area (Å²) in [6, 6.07) is 0.619. The van der Waals surface area contributed by atoms with Gasteiger partial charge in [0, 0.05) is 12.6 Å². The predicted octanol–water partition coefficient (Wildman–Crippen LogP) is 1.10. The Morgan fingerprint density at radius 3 is 2.36 bits per heavy atom. The molecule has 1 saturated carbocycles. The van der Waals surface area contributed by atoms with Crippen LogP contribution < -0.4 is 0 Å². The first kappa shape index (κ1) is 9.01. The Morgan fingerprint density at radius 2 is 1.91 bits per heavy atom. The van der Waals surface area contributed by atoms with Gasteiger partial charge in [-0.25, -0.2) is 0 Å². The molecule has 0 aromatic heterocycles. The van der Waals surface area contributed by atoms with Crippen molar-refractivity contribution in [3.05, 3.63) is 0 Å². The van der Waals surface area contributed by atoms with Crippen molar-refractivity contribution in [1.82, 2.24) is 4.90 Å². The van der Waals surface area contributed by atoms with Gasteiger partial charge in [0.05, 0.1) is 0 Å². The third-order valence-corrected chi connectivity index (χ3v) is 2.77. The summed E-state index contributed by atoms with van der Waals surface area (Å²) < 4.78 is 0. The number of rotatable bonds is 2. The lowest BCUT2D eigenvalue weighted by atomic mass is 9.84. The van der Waals surface area contributed by atoms with Gasteiger partial charge >= 0.3 is 0 Å². The van der Waals surface area contributed by atoms with E-state index in [1.807, 2.05) is 0 Å². The summed E-state index contributed by atoms with van der Waals surface area (Å²) >= 11 is 0. The molecule has 1 fully saturated rings. The van der Waals surface area contributed by atoms with Crippen LogP contribution in [0.15, 0.2) is 0 Å². The van der Waals surface area contributed by atoms with Crippen molar-refractivity contribution in [2.45, 2.75) is 31.7 Å². The first-order valence-electron chi connectivity index (χ1n) is 4.53. The van der Waals surface area contributed by atoms with Crippen LogP contribution in [0.2, 0.25) is 0 Å². The topological polar surface area (TPSA) is 23.5 Å². The van der Waals surface area contributed by atoms with Crippen molar-refractivity contribution in [2.24, 2.45) is 5.92 Å². The highest BCUT2D eigenvalue weighted by Crippen LogP contribution is 2.26. The molecule has 0 bridgehead atoms. The molecule has 1 aliphatic rings. The average molecular weight is 157 g/mol. The summed E-state index contributed by atoms with van der Waals surface area (Å²) in [4.78, 5) is 2.25. The van der Waals surface area contributed by atoms with Crippen LogP contribution in [0.5, 0.6) is 0 Å². The largest absolute Gasteiger partial charge is 0.396 e. The Labute approximate surface area is 69.2 Å². The van der Waals surface area contributed by atoms with Gasteiger partial charge in [-0.05, 0) is 32.9 Å². The zero-order valence-electron chi connectivity index (χ0n) is 7.58. The molecular weight excluding hydrogens is 138 g/mol. The van der Waals surface area contributed by atoms with Gasteiger partial charge in [-0.3, -0.25) is 0 Å². The predicted molar refractivity (Wildman–Crippen MR) is 46.5 cm³/mol. The summed E-state index contributed by atoms with van der Waals surface area (Å²) in [5, 5.41) is 9.08. The third kappa shape index (κ3) is 2.17. The summed E-state index contributed by atoms with van der Waals surface area (Å²) in [6.45, 7) is 0.364. The quantitative estimate of drug-likeness (QED) is 0.649. The number of aliphatic hydroxyl groups is 1. The maximum atomic E-state index is 9.08. The first-order chi connectivity index (χ1) is 5.25. The molecule has 0 unspecified atom stereocenters. The van der Waals surface area contributed by atoms with E-state index >= 15 is 0 Å². The van der Waals surface area contributed by atoms with Gasteiger partial charge in [0.1, 0.15) is 0 Å². The summed E-state index contributed by atoms with van der Waals surface area (Å²) in [5.41, 5.74) is 0. The number of hydrogen-bond acceptors (Lipinski definition) is 2. The SMILES string of the molecule is CN(C)[C@@H]1CCCC[C@H]1CO. The smallest absolute Gasteiger partial charge is 0.0474 e. The summed E-state index contributed by atoms with van der Waals surface area (Å²) in [7, 11) is 4.22. The highest BCUT2D eigenvalue weighted by Gasteiger charge is 2.25. The Hall–Kier alpha value is -0.0800. The van der Waals surface area contributed by atoms with Crippen LogP contribution in [-0.4, -0.2) is 36.8 Å².